The Morgan fingerprint density at radius 1 is 0.620 bits per heavy atom. The van der Waals surface area contributed by atoms with E-state index in [0.29, 0.717) is 17.4 Å². The standard InChI is InChI=1S/C40H76NO8P/c1-6-8-10-12-14-16-17-18-19-20-21-22-23-25-27-29-31-33-40(43)49-38(37-48-50(44,45)47-35-34-41(3,4)5)36-46-39(42)32-30-28-26-24-15-13-11-9-7-2/h14,16,18-19,38H,6-13,15,17,20-37H2,1-5H3/p+1/b16-14-,19-18-. The van der Waals surface area contributed by atoms with Crippen molar-refractivity contribution in [2.75, 3.05) is 47.5 Å². The van der Waals surface area contributed by atoms with Crippen molar-refractivity contribution < 1.29 is 42.1 Å². The second-order valence-electron chi connectivity index (χ2n) is 14.7. The van der Waals surface area contributed by atoms with E-state index in [0.717, 1.165) is 51.4 Å². The Morgan fingerprint density at radius 3 is 1.62 bits per heavy atom. The second-order valence-corrected chi connectivity index (χ2v) is 16.1. The van der Waals surface area contributed by atoms with Crippen molar-refractivity contribution in [2.45, 2.75) is 174 Å². The monoisotopic (exact) mass is 731 g/mol. The van der Waals surface area contributed by atoms with Crippen molar-refractivity contribution in [1.82, 2.24) is 0 Å². The zero-order chi connectivity index (χ0) is 37.2. The zero-order valence-electron chi connectivity index (χ0n) is 32.9. The number of unbranched alkanes of at least 4 members (excludes halogenated alkanes) is 18. The molecule has 0 spiro atoms. The molecule has 10 heteroatoms. The summed E-state index contributed by atoms with van der Waals surface area (Å²) in [5.74, 6) is -0.809. The maximum atomic E-state index is 12.6. The van der Waals surface area contributed by atoms with Crippen LogP contribution in [-0.2, 0) is 32.7 Å². The molecule has 0 aromatic carbocycles. The molecule has 0 amide bonds. The van der Waals surface area contributed by atoms with Crippen molar-refractivity contribution in [1.29, 1.82) is 0 Å². The molecule has 2 atom stereocenters. The number of nitrogens with zero attached hydrogens (tertiary/aromatic N) is 1. The van der Waals surface area contributed by atoms with Gasteiger partial charge in [-0.2, -0.15) is 0 Å². The predicted molar refractivity (Wildman–Crippen MR) is 206 cm³/mol. The summed E-state index contributed by atoms with van der Waals surface area (Å²) < 4.78 is 34.1. The minimum atomic E-state index is -4.37. The molecule has 9 nitrogen and oxygen atoms in total. The third-order valence-electron chi connectivity index (χ3n) is 8.48. The molecule has 0 aliphatic heterocycles. The van der Waals surface area contributed by atoms with Crippen LogP contribution < -0.4 is 0 Å². The first-order chi connectivity index (χ1) is 24.0. The number of hydrogen-bond donors (Lipinski definition) is 1. The molecule has 294 valence electrons. The normalized spacial score (nSPS) is 14.0. The third kappa shape index (κ3) is 36.3. The maximum Gasteiger partial charge on any atom is 0.472 e. The highest BCUT2D eigenvalue weighted by Crippen LogP contribution is 2.43. The van der Waals surface area contributed by atoms with Crippen LogP contribution in [0, 0.1) is 0 Å². The number of allylic oxidation sites excluding steroid dienone is 4. The number of phosphoric ester groups is 1. The van der Waals surface area contributed by atoms with Crippen LogP contribution in [0.15, 0.2) is 24.3 Å². The van der Waals surface area contributed by atoms with Gasteiger partial charge in [-0.3, -0.25) is 18.6 Å². The summed E-state index contributed by atoms with van der Waals surface area (Å²) in [5, 5.41) is 0. The van der Waals surface area contributed by atoms with E-state index < -0.39 is 26.5 Å². The Hall–Kier alpha value is -1.51. The topological polar surface area (TPSA) is 108 Å². The van der Waals surface area contributed by atoms with Crippen LogP contribution in [0.4, 0.5) is 0 Å². The highest BCUT2D eigenvalue weighted by molar-refractivity contribution is 7.47. The number of likely N-dealkylation sites (N-methyl/N-ethyl adjacent to an activating group) is 1. The second kappa shape index (κ2) is 33.3. The molecule has 0 aromatic rings. The molecule has 0 rings (SSSR count). The van der Waals surface area contributed by atoms with Gasteiger partial charge in [0.15, 0.2) is 6.10 Å². The van der Waals surface area contributed by atoms with Crippen molar-refractivity contribution in [3.63, 3.8) is 0 Å². The molecule has 0 radical (unpaired) electrons. The Labute approximate surface area is 307 Å². The molecule has 50 heavy (non-hydrogen) atoms. The minimum absolute atomic E-state index is 0.0314. The molecule has 0 heterocycles. The highest BCUT2D eigenvalue weighted by atomic mass is 31.2. The summed E-state index contributed by atoms with van der Waals surface area (Å²) in [4.78, 5) is 35.1. The number of phosphoric acid groups is 1. The Bertz CT molecular complexity index is 918. The van der Waals surface area contributed by atoms with Crippen molar-refractivity contribution in [3.8, 4) is 0 Å². The first kappa shape index (κ1) is 48.5. The van der Waals surface area contributed by atoms with E-state index in [1.54, 1.807) is 0 Å². The lowest BCUT2D eigenvalue weighted by Gasteiger charge is -2.24. The quantitative estimate of drug-likeness (QED) is 0.0223. The molecule has 0 aliphatic carbocycles. The van der Waals surface area contributed by atoms with Gasteiger partial charge >= 0.3 is 19.8 Å². The predicted octanol–water partition coefficient (Wildman–Crippen LogP) is 10.8. The number of hydrogen-bond acceptors (Lipinski definition) is 7. The molecule has 0 fully saturated rings. The van der Waals surface area contributed by atoms with Crippen LogP contribution in [-0.4, -0.2) is 74.9 Å². The van der Waals surface area contributed by atoms with Crippen molar-refractivity contribution in [2.24, 2.45) is 0 Å². The summed E-state index contributed by atoms with van der Waals surface area (Å²) >= 11 is 0. The van der Waals surface area contributed by atoms with Gasteiger partial charge in [0.2, 0.25) is 0 Å². The summed E-state index contributed by atoms with van der Waals surface area (Å²) in [6, 6.07) is 0. The van der Waals surface area contributed by atoms with Crippen LogP contribution in [0.2, 0.25) is 0 Å². The van der Waals surface area contributed by atoms with Gasteiger partial charge in [-0.15, -0.1) is 0 Å². The smallest absolute Gasteiger partial charge is 0.462 e. The van der Waals surface area contributed by atoms with Gasteiger partial charge in [-0.1, -0.05) is 134 Å². The number of ether oxygens (including phenoxy) is 2. The van der Waals surface area contributed by atoms with E-state index >= 15 is 0 Å². The molecule has 1 N–H and O–H groups in total. The first-order valence-electron chi connectivity index (χ1n) is 20.1. The van der Waals surface area contributed by atoms with Gasteiger partial charge in [-0.25, -0.2) is 4.57 Å². The van der Waals surface area contributed by atoms with Crippen LogP contribution in [0.1, 0.15) is 168 Å². The number of carbonyl (C=O) groups is 2. The van der Waals surface area contributed by atoms with E-state index in [1.807, 2.05) is 21.1 Å². The van der Waals surface area contributed by atoms with Gasteiger partial charge in [0.25, 0.3) is 0 Å². The van der Waals surface area contributed by atoms with Gasteiger partial charge in [0, 0.05) is 12.8 Å². The summed E-state index contributed by atoms with van der Waals surface area (Å²) in [5.41, 5.74) is 0. The number of carbonyl (C=O) groups excluding carboxylic acids is 2. The number of esters is 2. The fourth-order valence-corrected chi connectivity index (χ4v) is 6.02. The van der Waals surface area contributed by atoms with Crippen LogP contribution in [0.5, 0.6) is 0 Å². The van der Waals surface area contributed by atoms with E-state index in [9.17, 15) is 19.0 Å². The highest BCUT2D eigenvalue weighted by Gasteiger charge is 2.27. The van der Waals surface area contributed by atoms with E-state index in [-0.39, 0.29) is 32.0 Å². The lowest BCUT2D eigenvalue weighted by molar-refractivity contribution is -0.870. The average Bonchev–Trinajstić information content (AvgIpc) is 3.06. The molecule has 2 unspecified atom stereocenters. The Balaban J connectivity index is 4.38. The molecular formula is C40H77NO8P+. The lowest BCUT2D eigenvalue weighted by atomic mass is 10.1. The van der Waals surface area contributed by atoms with Gasteiger partial charge in [-0.05, 0) is 44.9 Å². The van der Waals surface area contributed by atoms with Gasteiger partial charge in [0.1, 0.15) is 19.8 Å². The molecule has 0 saturated heterocycles. The molecule has 0 bridgehead atoms. The summed E-state index contributed by atoms with van der Waals surface area (Å²) in [6.45, 7) is 4.36. The molecule has 0 aliphatic rings. The Morgan fingerprint density at radius 2 is 1.08 bits per heavy atom. The summed E-state index contributed by atoms with van der Waals surface area (Å²) in [7, 11) is 1.47. The number of quaternary nitrogens is 1. The largest absolute Gasteiger partial charge is 0.472 e. The number of rotatable bonds is 36. The minimum Gasteiger partial charge on any atom is -0.462 e. The molecule has 0 aromatic heterocycles. The molecular weight excluding hydrogens is 653 g/mol. The van der Waals surface area contributed by atoms with Crippen LogP contribution in [0.25, 0.3) is 0 Å². The molecule has 0 saturated carbocycles. The SMILES string of the molecule is CCCCC/C=C\C/C=C\CCCCCCCCCC(=O)OC(COC(=O)CCCCCCCCCCC)COP(=O)(O)OCC[N+](C)(C)C. The fraction of sp³-hybridized carbons (Fsp3) is 0.850. The maximum absolute atomic E-state index is 12.6. The van der Waals surface area contributed by atoms with Gasteiger partial charge in [0.05, 0.1) is 27.7 Å². The van der Waals surface area contributed by atoms with Gasteiger partial charge < -0.3 is 18.9 Å². The van der Waals surface area contributed by atoms with Crippen LogP contribution in [0.3, 0.4) is 0 Å². The van der Waals surface area contributed by atoms with Crippen LogP contribution >= 0.6 is 7.82 Å². The van der Waals surface area contributed by atoms with E-state index in [4.69, 9.17) is 18.5 Å². The zero-order valence-corrected chi connectivity index (χ0v) is 33.8. The average molecular weight is 731 g/mol. The Kier molecular flexibility index (Phi) is 32.3. The first-order valence-corrected chi connectivity index (χ1v) is 21.6. The van der Waals surface area contributed by atoms with Crippen molar-refractivity contribution in [3.05, 3.63) is 24.3 Å². The third-order valence-corrected chi connectivity index (χ3v) is 9.47. The lowest BCUT2D eigenvalue weighted by Crippen LogP contribution is -2.37. The van der Waals surface area contributed by atoms with E-state index in [1.165, 1.54) is 83.5 Å². The summed E-state index contributed by atoms with van der Waals surface area (Å²) in [6.07, 6.45) is 33.7. The van der Waals surface area contributed by atoms with Crippen molar-refractivity contribution >= 4 is 19.8 Å². The van der Waals surface area contributed by atoms with E-state index in [2.05, 4.69) is 38.2 Å². The fourth-order valence-electron chi connectivity index (χ4n) is 5.28.